The Morgan fingerprint density at radius 1 is 1.42 bits per heavy atom. The Balaban J connectivity index is 4.19. The van der Waals surface area contributed by atoms with E-state index < -0.39 is 0 Å². The second-order valence-corrected chi connectivity index (χ2v) is 2.90. The number of nitrogens with two attached hydrogens (primary N) is 1. The zero-order valence-corrected chi connectivity index (χ0v) is 8.11. The number of hydrogen-bond acceptors (Lipinski definition) is 2. The first kappa shape index (κ1) is 11.2. The third-order valence-electron chi connectivity index (χ3n) is 2.35. The van der Waals surface area contributed by atoms with E-state index in [4.69, 9.17) is 5.73 Å². The Labute approximate surface area is 73.9 Å². The Hall–Kier alpha value is -0.770. The molecule has 0 heterocycles. The minimum atomic E-state index is -0.236. The molecule has 0 fully saturated rings. The summed E-state index contributed by atoms with van der Waals surface area (Å²) in [6, 6.07) is -0.163. The lowest BCUT2D eigenvalue weighted by atomic mass is 9.93. The maximum Gasteiger partial charge on any atom is 0.315 e. The zero-order valence-electron chi connectivity index (χ0n) is 8.11. The number of urea groups is 1. The van der Waals surface area contributed by atoms with Gasteiger partial charge in [0.1, 0.15) is 0 Å². The number of hydrogen-bond donors (Lipinski definition) is 3. The second-order valence-electron chi connectivity index (χ2n) is 2.90. The molecular weight excluding hydrogens is 154 g/mol. The first-order chi connectivity index (χ1) is 5.64. The summed E-state index contributed by atoms with van der Waals surface area (Å²) >= 11 is 0. The Kier molecular flexibility index (Phi) is 4.66. The van der Waals surface area contributed by atoms with E-state index >= 15 is 0 Å². The van der Waals surface area contributed by atoms with Gasteiger partial charge in [0.2, 0.25) is 0 Å². The first-order valence-corrected chi connectivity index (χ1v) is 4.34. The maximum absolute atomic E-state index is 11.0. The lowest BCUT2D eigenvalue weighted by molar-refractivity contribution is 0.223. The second kappa shape index (κ2) is 4.98. The van der Waals surface area contributed by atoms with Crippen LogP contribution in [0.3, 0.4) is 0 Å². The Morgan fingerprint density at radius 3 is 2.17 bits per heavy atom. The average Bonchev–Trinajstić information content (AvgIpc) is 2.14. The van der Waals surface area contributed by atoms with Crippen LogP contribution in [-0.4, -0.2) is 25.2 Å². The van der Waals surface area contributed by atoms with Gasteiger partial charge in [0.05, 0.1) is 5.54 Å². The Bertz CT molecular complexity index is 135. The monoisotopic (exact) mass is 173 g/mol. The summed E-state index contributed by atoms with van der Waals surface area (Å²) in [4.78, 5) is 11.0. The van der Waals surface area contributed by atoms with Gasteiger partial charge < -0.3 is 16.4 Å². The summed E-state index contributed by atoms with van der Waals surface area (Å²) in [5, 5.41) is 5.37. The largest absolute Gasteiger partial charge is 0.341 e. The summed E-state index contributed by atoms with van der Waals surface area (Å²) in [5.41, 5.74) is 5.35. The van der Waals surface area contributed by atoms with Crippen LogP contribution < -0.4 is 16.4 Å². The van der Waals surface area contributed by atoms with E-state index in [1.165, 1.54) is 0 Å². The summed E-state index contributed by atoms with van der Waals surface area (Å²) in [5.74, 6) is 0. The molecule has 4 nitrogen and oxygen atoms in total. The molecule has 4 heteroatoms. The number of carbonyl (C=O) groups excluding carboxylic acids is 1. The molecular formula is C8H19N3O. The molecule has 72 valence electrons. The molecule has 0 bridgehead atoms. The van der Waals surface area contributed by atoms with Gasteiger partial charge in [-0.1, -0.05) is 13.8 Å². The third kappa shape index (κ3) is 2.70. The van der Waals surface area contributed by atoms with Crippen LogP contribution in [0.25, 0.3) is 0 Å². The smallest absolute Gasteiger partial charge is 0.315 e. The van der Waals surface area contributed by atoms with E-state index in [2.05, 4.69) is 10.6 Å². The van der Waals surface area contributed by atoms with Crippen molar-refractivity contribution in [2.24, 2.45) is 5.73 Å². The molecule has 0 aromatic carbocycles. The van der Waals surface area contributed by atoms with E-state index in [1.807, 2.05) is 13.8 Å². The normalized spacial score (nSPS) is 11.0. The highest BCUT2D eigenvalue weighted by molar-refractivity contribution is 5.74. The molecule has 0 spiro atoms. The van der Waals surface area contributed by atoms with Crippen LogP contribution in [0.5, 0.6) is 0 Å². The van der Waals surface area contributed by atoms with E-state index in [-0.39, 0.29) is 11.6 Å². The molecule has 0 atom stereocenters. The highest BCUT2D eigenvalue weighted by atomic mass is 16.2. The quantitative estimate of drug-likeness (QED) is 0.577. The third-order valence-corrected chi connectivity index (χ3v) is 2.35. The summed E-state index contributed by atoms with van der Waals surface area (Å²) in [6.07, 6.45) is 1.71. The molecule has 0 aliphatic heterocycles. The first-order valence-electron chi connectivity index (χ1n) is 4.34. The molecule has 0 saturated carbocycles. The summed E-state index contributed by atoms with van der Waals surface area (Å²) < 4.78 is 0. The fraction of sp³-hybridized carbons (Fsp3) is 0.875. The van der Waals surface area contributed by atoms with Crippen LogP contribution in [0.4, 0.5) is 4.79 Å². The van der Waals surface area contributed by atoms with Gasteiger partial charge in [-0.25, -0.2) is 4.79 Å². The molecule has 0 radical (unpaired) electrons. The van der Waals surface area contributed by atoms with Crippen LogP contribution in [0.1, 0.15) is 26.7 Å². The Morgan fingerprint density at radius 2 is 1.92 bits per heavy atom. The van der Waals surface area contributed by atoms with Gasteiger partial charge in [-0.2, -0.15) is 0 Å². The highest BCUT2D eigenvalue weighted by Crippen LogP contribution is 2.12. The molecule has 12 heavy (non-hydrogen) atoms. The van der Waals surface area contributed by atoms with Crippen LogP contribution >= 0.6 is 0 Å². The van der Waals surface area contributed by atoms with Crippen molar-refractivity contribution >= 4 is 6.03 Å². The lowest BCUT2D eigenvalue weighted by Crippen LogP contribution is -2.55. The van der Waals surface area contributed by atoms with Crippen molar-refractivity contribution in [3.8, 4) is 0 Å². The van der Waals surface area contributed by atoms with Crippen molar-refractivity contribution in [2.75, 3.05) is 13.6 Å². The van der Waals surface area contributed by atoms with Gasteiger partial charge in [-0.05, 0) is 12.8 Å². The molecule has 0 aromatic rings. The zero-order chi connectivity index (χ0) is 9.61. The molecule has 0 aliphatic carbocycles. The van der Waals surface area contributed by atoms with Crippen molar-refractivity contribution in [2.45, 2.75) is 32.2 Å². The van der Waals surface area contributed by atoms with Gasteiger partial charge in [-0.3, -0.25) is 0 Å². The number of rotatable bonds is 4. The molecule has 0 rings (SSSR count). The van der Waals surface area contributed by atoms with E-state index in [0.29, 0.717) is 6.54 Å². The number of amides is 2. The molecule has 0 aliphatic rings. The predicted octanol–water partition coefficient (Wildman–Crippen LogP) is 0.433. The van der Waals surface area contributed by atoms with Crippen molar-refractivity contribution < 1.29 is 4.79 Å². The molecule has 0 unspecified atom stereocenters. The number of nitrogens with one attached hydrogen (secondary N) is 2. The molecule has 2 amide bonds. The highest BCUT2D eigenvalue weighted by Gasteiger charge is 2.25. The molecule has 0 aromatic heterocycles. The summed E-state index contributed by atoms with van der Waals surface area (Å²) in [6.45, 7) is 4.52. The summed E-state index contributed by atoms with van der Waals surface area (Å²) in [7, 11) is 1.60. The van der Waals surface area contributed by atoms with Crippen LogP contribution in [-0.2, 0) is 0 Å². The topological polar surface area (TPSA) is 67.1 Å². The van der Waals surface area contributed by atoms with Crippen molar-refractivity contribution in [3.63, 3.8) is 0 Å². The molecule has 4 N–H and O–H groups in total. The van der Waals surface area contributed by atoms with Crippen LogP contribution in [0.2, 0.25) is 0 Å². The van der Waals surface area contributed by atoms with Crippen molar-refractivity contribution in [1.82, 2.24) is 10.6 Å². The minimum absolute atomic E-state index is 0.163. The number of carbonyl (C=O) groups is 1. The minimum Gasteiger partial charge on any atom is -0.341 e. The average molecular weight is 173 g/mol. The standard InChI is InChI=1S/C8H19N3O/c1-4-8(5-2,6-9)11-7(12)10-3/h4-6,9H2,1-3H3,(H2,10,11,12). The van der Waals surface area contributed by atoms with Gasteiger partial charge in [0.15, 0.2) is 0 Å². The van der Waals surface area contributed by atoms with Crippen LogP contribution in [0, 0.1) is 0 Å². The van der Waals surface area contributed by atoms with E-state index in [1.54, 1.807) is 7.05 Å². The van der Waals surface area contributed by atoms with Crippen LogP contribution in [0.15, 0.2) is 0 Å². The SMILES string of the molecule is CCC(CC)(CN)NC(=O)NC. The van der Waals surface area contributed by atoms with E-state index in [0.717, 1.165) is 12.8 Å². The predicted molar refractivity (Wildman–Crippen MR) is 50.0 cm³/mol. The van der Waals surface area contributed by atoms with Crippen molar-refractivity contribution in [3.05, 3.63) is 0 Å². The maximum atomic E-state index is 11.0. The van der Waals surface area contributed by atoms with Gasteiger partial charge in [-0.15, -0.1) is 0 Å². The van der Waals surface area contributed by atoms with Crippen molar-refractivity contribution in [1.29, 1.82) is 0 Å². The van der Waals surface area contributed by atoms with Gasteiger partial charge in [0.25, 0.3) is 0 Å². The lowest BCUT2D eigenvalue weighted by Gasteiger charge is -2.31. The van der Waals surface area contributed by atoms with Gasteiger partial charge in [0, 0.05) is 13.6 Å². The fourth-order valence-electron chi connectivity index (χ4n) is 1.07. The fourth-order valence-corrected chi connectivity index (χ4v) is 1.07. The van der Waals surface area contributed by atoms with E-state index in [9.17, 15) is 4.79 Å². The molecule has 0 saturated heterocycles. The van der Waals surface area contributed by atoms with Gasteiger partial charge >= 0.3 is 6.03 Å².